The molecule has 2 atom stereocenters. The van der Waals surface area contributed by atoms with Gasteiger partial charge in [0.25, 0.3) is 0 Å². The van der Waals surface area contributed by atoms with E-state index in [1.807, 2.05) is 24.3 Å². The van der Waals surface area contributed by atoms with E-state index in [0.717, 1.165) is 40.1 Å². The molecule has 0 aliphatic rings. The zero-order valence-electron chi connectivity index (χ0n) is 43.0. The summed E-state index contributed by atoms with van der Waals surface area (Å²) < 4.78 is 50.4. The lowest BCUT2D eigenvalue weighted by Gasteiger charge is -2.18. The second-order valence-corrected chi connectivity index (χ2v) is 17.6. The van der Waals surface area contributed by atoms with Crippen LogP contribution in [0, 0.1) is 0 Å². The molecule has 1 heterocycles. The third-order valence-electron chi connectivity index (χ3n) is 10.6. The number of carbonyl (C=O) groups is 6. The number of nitrogens with one attached hydrogen (secondary N) is 1. The maximum atomic E-state index is 13.4. The second kappa shape index (κ2) is 34.0. The highest BCUT2D eigenvalue weighted by atomic mass is 32.1. The van der Waals surface area contributed by atoms with E-state index < -0.39 is 42.1 Å². The summed E-state index contributed by atoms with van der Waals surface area (Å²) >= 11 is 1.43. The maximum Gasteiger partial charge on any atom is 0.336 e. The highest BCUT2D eigenvalue weighted by Crippen LogP contribution is 2.26. The Morgan fingerprint density at radius 2 is 1.09 bits per heavy atom. The quantitative estimate of drug-likeness (QED) is 0.00751. The van der Waals surface area contributed by atoms with Gasteiger partial charge >= 0.3 is 29.8 Å². The van der Waals surface area contributed by atoms with Crippen molar-refractivity contribution in [1.82, 2.24) is 4.98 Å². The van der Waals surface area contributed by atoms with Crippen LogP contribution in [-0.2, 0) is 63.6 Å². The summed E-state index contributed by atoms with van der Waals surface area (Å²) in [7, 11) is 0. The molecule has 78 heavy (non-hydrogen) atoms. The van der Waals surface area contributed by atoms with Crippen LogP contribution in [0.1, 0.15) is 47.9 Å². The largest absolute Gasteiger partial charge is 0.490 e. The standard InChI is InChI=1S/C59H61N3O15S/c1-5-54(64)71-33-13-11-31-69-38-50(76-56(66)7-3)40-73-47-25-18-42(19-26-47)17-24-46(63)35-44-23-29-49(36-45(44)37-60-62-59-61-52-15-9-10-16-53(52)78-59)75-58(68)30-22-43-20-27-48(28-21-43)74-41-51(77-57(67)8-4)39-70-32-12-14-34-72-55(65)6-2/h5-10,15-30,36-37,50-51H,1-4,11-14,31-35,38-41H2,(H,61,62)/b24-17+,30-22+,60-37+. The second-order valence-electron chi connectivity index (χ2n) is 16.5. The molecular formula is C59H61N3O15S. The molecule has 0 fully saturated rings. The van der Waals surface area contributed by atoms with E-state index in [4.69, 9.17) is 42.6 Å². The fourth-order valence-electron chi connectivity index (χ4n) is 6.64. The lowest BCUT2D eigenvalue weighted by atomic mass is 10.0. The molecule has 0 saturated carbocycles. The smallest absolute Gasteiger partial charge is 0.336 e. The van der Waals surface area contributed by atoms with Gasteiger partial charge in [-0.05, 0) is 103 Å². The fourth-order valence-corrected chi connectivity index (χ4v) is 7.45. The predicted octanol–water partition coefficient (Wildman–Crippen LogP) is 9.19. The zero-order chi connectivity index (χ0) is 55.7. The molecule has 18 nitrogen and oxygen atoms in total. The molecular weight excluding hydrogens is 1020 g/mol. The van der Waals surface area contributed by atoms with Gasteiger partial charge in [-0.15, -0.1) is 0 Å². The summed E-state index contributed by atoms with van der Waals surface area (Å²) in [6.07, 6.45) is 12.8. The van der Waals surface area contributed by atoms with Crippen LogP contribution in [0.5, 0.6) is 17.2 Å². The molecule has 2 unspecified atom stereocenters. The van der Waals surface area contributed by atoms with Crippen molar-refractivity contribution < 1.29 is 71.4 Å². The van der Waals surface area contributed by atoms with Gasteiger partial charge in [-0.25, -0.2) is 29.0 Å². The Morgan fingerprint density at radius 3 is 1.63 bits per heavy atom. The van der Waals surface area contributed by atoms with Crippen molar-refractivity contribution in [1.29, 1.82) is 0 Å². The van der Waals surface area contributed by atoms with Gasteiger partial charge in [0, 0.05) is 55.6 Å². The number of rotatable bonds is 36. The molecule has 0 spiro atoms. The van der Waals surface area contributed by atoms with Crippen LogP contribution in [0.3, 0.4) is 0 Å². The molecule has 1 aromatic heterocycles. The molecule has 0 bridgehead atoms. The molecule has 408 valence electrons. The van der Waals surface area contributed by atoms with Gasteiger partial charge in [-0.2, -0.15) is 5.10 Å². The number of hydrogen-bond acceptors (Lipinski definition) is 19. The number of hydrogen-bond donors (Lipinski definition) is 1. The van der Waals surface area contributed by atoms with E-state index in [1.54, 1.807) is 78.9 Å². The fraction of sp³-hybridized carbons (Fsp3) is 0.254. The highest BCUT2D eigenvalue weighted by Gasteiger charge is 2.17. The van der Waals surface area contributed by atoms with Crippen LogP contribution in [0.4, 0.5) is 5.13 Å². The lowest BCUT2D eigenvalue weighted by Crippen LogP contribution is -2.29. The van der Waals surface area contributed by atoms with Crippen molar-refractivity contribution >= 4 is 80.7 Å². The van der Waals surface area contributed by atoms with Crippen LogP contribution >= 0.6 is 11.3 Å². The summed E-state index contributed by atoms with van der Waals surface area (Å²) in [4.78, 5) is 77.3. The average Bonchev–Trinajstić information content (AvgIpc) is 3.88. The van der Waals surface area contributed by atoms with Crippen molar-refractivity contribution in [2.24, 2.45) is 5.10 Å². The van der Waals surface area contributed by atoms with Crippen LogP contribution in [0.15, 0.2) is 159 Å². The molecule has 0 aliphatic heterocycles. The molecule has 0 radical (unpaired) electrons. The predicted molar refractivity (Wildman–Crippen MR) is 296 cm³/mol. The Hall–Kier alpha value is -8.78. The third-order valence-corrected chi connectivity index (χ3v) is 11.5. The number of para-hydroxylation sites is 1. The summed E-state index contributed by atoms with van der Waals surface area (Å²) in [6, 6.07) is 26.4. The van der Waals surface area contributed by atoms with E-state index in [2.05, 4.69) is 41.8 Å². The normalized spacial score (nSPS) is 11.8. The number of anilines is 1. The number of hydrazone groups is 1. The summed E-state index contributed by atoms with van der Waals surface area (Å²) in [5, 5.41) is 4.96. The topological polar surface area (TPSA) is 223 Å². The van der Waals surface area contributed by atoms with Crippen molar-refractivity contribution in [3.05, 3.63) is 176 Å². The maximum absolute atomic E-state index is 13.4. The Morgan fingerprint density at radius 1 is 0.577 bits per heavy atom. The van der Waals surface area contributed by atoms with Gasteiger partial charge in [-0.1, -0.05) is 86.2 Å². The minimum atomic E-state index is -0.722. The van der Waals surface area contributed by atoms with E-state index in [1.165, 1.54) is 29.7 Å². The van der Waals surface area contributed by atoms with Crippen molar-refractivity contribution in [2.45, 2.75) is 44.3 Å². The van der Waals surface area contributed by atoms with Gasteiger partial charge < -0.3 is 42.6 Å². The van der Waals surface area contributed by atoms with E-state index >= 15 is 0 Å². The number of ether oxygens (including phenoxy) is 9. The summed E-state index contributed by atoms with van der Waals surface area (Å²) in [5.41, 5.74) is 6.31. The van der Waals surface area contributed by atoms with Gasteiger partial charge in [0.05, 0.1) is 42.9 Å². The van der Waals surface area contributed by atoms with Crippen LogP contribution < -0.4 is 19.6 Å². The monoisotopic (exact) mass is 1080 g/mol. The number of unbranched alkanes of at least 4 members (excludes halogenated alkanes) is 2. The Kier molecular flexibility index (Phi) is 26.2. The first kappa shape index (κ1) is 60.1. The molecule has 1 N–H and O–H groups in total. The number of esters is 5. The van der Waals surface area contributed by atoms with Crippen molar-refractivity contribution in [3.8, 4) is 17.2 Å². The summed E-state index contributed by atoms with van der Waals surface area (Å²) in [5.74, 6) is -1.89. The van der Waals surface area contributed by atoms with Crippen LogP contribution in [0.25, 0.3) is 22.4 Å². The first-order valence-corrected chi connectivity index (χ1v) is 25.5. The van der Waals surface area contributed by atoms with Gasteiger partial charge in [0.1, 0.15) is 30.5 Å². The molecule has 19 heteroatoms. The van der Waals surface area contributed by atoms with Gasteiger partial charge in [0.2, 0.25) is 5.13 Å². The van der Waals surface area contributed by atoms with Gasteiger partial charge in [-0.3, -0.25) is 10.2 Å². The number of nitrogens with zero attached hydrogens (tertiary/aromatic N) is 2. The molecule has 5 rings (SSSR count). The minimum Gasteiger partial charge on any atom is -0.490 e. The molecule has 5 aromatic rings. The molecule has 0 saturated heterocycles. The highest BCUT2D eigenvalue weighted by molar-refractivity contribution is 7.22. The van der Waals surface area contributed by atoms with Crippen LogP contribution in [-0.4, -0.2) is 112 Å². The number of fused-ring (bicyclic) bond motifs is 1. The number of ketones is 1. The number of thiazole rings is 1. The van der Waals surface area contributed by atoms with E-state index in [9.17, 15) is 28.8 Å². The first-order chi connectivity index (χ1) is 37.9. The van der Waals surface area contributed by atoms with E-state index in [-0.39, 0.29) is 57.6 Å². The Labute approximate surface area is 456 Å². The number of aromatic nitrogens is 1. The number of benzene rings is 4. The van der Waals surface area contributed by atoms with Crippen molar-refractivity contribution in [2.75, 3.05) is 58.3 Å². The van der Waals surface area contributed by atoms with E-state index in [0.29, 0.717) is 72.2 Å². The molecule has 0 aliphatic carbocycles. The average molecular weight is 1080 g/mol. The van der Waals surface area contributed by atoms with Gasteiger partial charge in [0.15, 0.2) is 18.0 Å². The molecule has 4 aromatic carbocycles. The van der Waals surface area contributed by atoms with Crippen LogP contribution in [0.2, 0.25) is 0 Å². The number of carbonyl (C=O) groups excluding carboxylic acids is 6. The SMILES string of the molecule is C=CC(=O)OCCCCOCC(COc1ccc(/C=C/C(=O)Cc2ccc(OC(=O)/C=C/c3ccc(OCC(COCCCCOC(=O)C=C)OC(=O)C=C)cc3)cc2/C=N/Nc2nc3ccccc3s2)cc1)OC(=O)C=C. The Balaban J connectivity index is 1.15. The third kappa shape index (κ3) is 23.0. The summed E-state index contributed by atoms with van der Waals surface area (Å²) in [6.45, 7) is 14.9. The first-order valence-electron chi connectivity index (χ1n) is 24.7. The lowest BCUT2D eigenvalue weighted by molar-refractivity contribution is -0.148. The number of allylic oxidation sites excluding steroid dienone is 1. The minimum absolute atomic E-state index is 0.00118. The van der Waals surface area contributed by atoms with Crippen molar-refractivity contribution in [3.63, 3.8) is 0 Å². The zero-order valence-corrected chi connectivity index (χ0v) is 43.8. The molecule has 0 amide bonds. The Bertz CT molecular complexity index is 2880.